The van der Waals surface area contributed by atoms with E-state index < -0.39 is 0 Å². The number of imidazole rings is 1. The SMILES string of the molecule is Cc1nc2cc(Br)ccn2c1CCCN. The standard InChI is InChI=1S/C11H14BrN3/c1-8-10(3-2-5-13)15-6-4-9(12)7-11(15)14-8/h4,6-7H,2-3,5,13H2,1H3. The molecule has 0 aliphatic carbocycles. The Bertz CT molecular complexity index is 476. The van der Waals surface area contributed by atoms with E-state index in [0.29, 0.717) is 0 Å². The first-order chi connectivity index (χ1) is 7.22. The highest BCUT2D eigenvalue weighted by atomic mass is 79.9. The van der Waals surface area contributed by atoms with E-state index in [0.717, 1.165) is 35.2 Å². The zero-order valence-electron chi connectivity index (χ0n) is 8.70. The van der Waals surface area contributed by atoms with Gasteiger partial charge in [0, 0.05) is 16.4 Å². The van der Waals surface area contributed by atoms with E-state index in [-0.39, 0.29) is 0 Å². The average Bonchev–Trinajstić information content (AvgIpc) is 2.50. The van der Waals surface area contributed by atoms with Gasteiger partial charge in [0.05, 0.1) is 5.69 Å². The summed E-state index contributed by atoms with van der Waals surface area (Å²) >= 11 is 3.45. The summed E-state index contributed by atoms with van der Waals surface area (Å²) in [7, 11) is 0. The van der Waals surface area contributed by atoms with Crippen LogP contribution in [0.1, 0.15) is 17.8 Å². The van der Waals surface area contributed by atoms with E-state index in [1.165, 1.54) is 5.69 Å². The molecule has 0 fully saturated rings. The van der Waals surface area contributed by atoms with Gasteiger partial charge in [-0.25, -0.2) is 4.98 Å². The molecule has 0 aliphatic rings. The second kappa shape index (κ2) is 4.33. The second-order valence-electron chi connectivity index (χ2n) is 3.61. The maximum absolute atomic E-state index is 5.53. The van der Waals surface area contributed by atoms with E-state index in [1.54, 1.807) is 0 Å². The first-order valence-electron chi connectivity index (χ1n) is 5.05. The Morgan fingerprint density at radius 3 is 3.07 bits per heavy atom. The molecule has 0 unspecified atom stereocenters. The molecular weight excluding hydrogens is 254 g/mol. The quantitative estimate of drug-likeness (QED) is 0.928. The van der Waals surface area contributed by atoms with E-state index in [1.807, 2.05) is 25.3 Å². The summed E-state index contributed by atoms with van der Waals surface area (Å²) in [5, 5.41) is 0. The zero-order valence-corrected chi connectivity index (χ0v) is 10.3. The van der Waals surface area contributed by atoms with Crippen molar-refractivity contribution in [2.75, 3.05) is 6.54 Å². The average molecular weight is 268 g/mol. The molecular formula is C11H14BrN3. The van der Waals surface area contributed by atoms with Gasteiger partial charge >= 0.3 is 0 Å². The van der Waals surface area contributed by atoms with Crippen LogP contribution in [0.5, 0.6) is 0 Å². The van der Waals surface area contributed by atoms with Gasteiger partial charge in [0.1, 0.15) is 5.65 Å². The minimum absolute atomic E-state index is 0.725. The molecule has 3 nitrogen and oxygen atoms in total. The Kier molecular flexibility index (Phi) is 3.07. The highest BCUT2D eigenvalue weighted by Crippen LogP contribution is 2.17. The first kappa shape index (κ1) is 10.6. The van der Waals surface area contributed by atoms with Gasteiger partial charge in [0.25, 0.3) is 0 Å². The van der Waals surface area contributed by atoms with Crippen LogP contribution in [-0.4, -0.2) is 15.9 Å². The lowest BCUT2D eigenvalue weighted by atomic mass is 10.2. The predicted molar refractivity (Wildman–Crippen MR) is 65.0 cm³/mol. The third-order valence-corrected chi connectivity index (χ3v) is 3.00. The summed E-state index contributed by atoms with van der Waals surface area (Å²) in [5.74, 6) is 0. The molecule has 0 saturated heterocycles. The third-order valence-electron chi connectivity index (χ3n) is 2.51. The monoisotopic (exact) mass is 267 g/mol. The Morgan fingerprint density at radius 2 is 2.33 bits per heavy atom. The van der Waals surface area contributed by atoms with Gasteiger partial charge in [0.15, 0.2) is 0 Å². The van der Waals surface area contributed by atoms with Crippen molar-refractivity contribution < 1.29 is 0 Å². The molecule has 0 bridgehead atoms. The number of aromatic nitrogens is 2. The van der Waals surface area contributed by atoms with Crippen molar-refractivity contribution in [1.82, 2.24) is 9.38 Å². The van der Waals surface area contributed by atoms with Crippen LogP contribution in [0.3, 0.4) is 0 Å². The fourth-order valence-corrected chi connectivity index (χ4v) is 2.08. The summed E-state index contributed by atoms with van der Waals surface area (Å²) in [6.07, 6.45) is 4.04. The molecule has 0 aromatic carbocycles. The highest BCUT2D eigenvalue weighted by molar-refractivity contribution is 9.10. The predicted octanol–water partition coefficient (Wildman–Crippen LogP) is 2.30. The summed E-state index contributed by atoms with van der Waals surface area (Å²) in [6, 6.07) is 4.05. The fourth-order valence-electron chi connectivity index (χ4n) is 1.76. The Hall–Kier alpha value is -0.870. The number of hydrogen-bond acceptors (Lipinski definition) is 2. The maximum atomic E-state index is 5.53. The van der Waals surface area contributed by atoms with Crippen LogP contribution in [0, 0.1) is 6.92 Å². The van der Waals surface area contributed by atoms with E-state index in [4.69, 9.17) is 5.73 Å². The van der Waals surface area contributed by atoms with Gasteiger partial charge in [-0.05, 0) is 38.4 Å². The molecule has 0 spiro atoms. The molecule has 0 atom stereocenters. The Balaban J connectivity index is 2.48. The lowest BCUT2D eigenvalue weighted by molar-refractivity contribution is 0.796. The number of halogens is 1. The van der Waals surface area contributed by atoms with Gasteiger partial charge in [-0.2, -0.15) is 0 Å². The maximum Gasteiger partial charge on any atom is 0.138 e. The number of nitrogens with zero attached hydrogens (tertiary/aromatic N) is 2. The van der Waals surface area contributed by atoms with Crippen LogP contribution >= 0.6 is 15.9 Å². The minimum atomic E-state index is 0.725. The molecule has 2 N–H and O–H groups in total. The second-order valence-corrected chi connectivity index (χ2v) is 4.52. The largest absolute Gasteiger partial charge is 0.330 e. The number of rotatable bonds is 3. The number of aryl methyl sites for hydroxylation is 2. The lowest BCUT2D eigenvalue weighted by Crippen LogP contribution is -2.03. The fraction of sp³-hybridized carbons (Fsp3) is 0.364. The number of pyridine rings is 1. The molecule has 80 valence electrons. The van der Waals surface area contributed by atoms with Gasteiger partial charge in [-0.15, -0.1) is 0 Å². The van der Waals surface area contributed by atoms with Crippen LogP contribution in [0.2, 0.25) is 0 Å². The number of fused-ring (bicyclic) bond motifs is 1. The smallest absolute Gasteiger partial charge is 0.138 e. The van der Waals surface area contributed by atoms with Crippen molar-refractivity contribution in [3.05, 3.63) is 34.2 Å². The molecule has 2 rings (SSSR count). The molecule has 4 heteroatoms. The lowest BCUT2D eigenvalue weighted by Gasteiger charge is -2.01. The molecule has 0 saturated carbocycles. The Labute approximate surface area is 97.4 Å². The molecule has 2 heterocycles. The van der Waals surface area contributed by atoms with E-state index >= 15 is 0 Å². The molecule has 2 aromatic rings. The highest BCUT2D eigenvalue weighted by Gasteiger charge is 2.07. The molecule has 15 heavy (non-hydrogen) atoms. The molecule has 0 amide bonds. The summed E-state index contributed by atoms with van der Waals surface area (Å²) < 4.78 is 3.20. The van der Waals surface area contributed by atoms with Crippen molar-refractivity contribution >= 4 is 21.6 Å². The van der Waals surface area contributed by atoms with Crippen molar-refractivity contribution in [2.45, 2.75) is 19.8 Å². The number of hydrogen-bond donors (Lipinski definition) is 1. The summed E-state index contributed by atoms with van der Waals surface area (Å²) in [6.45, 7) is 2.77. The topological polar surface area (TPSA) is 43.3 Å². The van der Waals surface area contributed by atoms with E-state index in [9.17, 15) is 0 Å². The normalized spacial score (nSPS) is 11.1. The van der Waals surface area contributed by atoms with Crippen molar-refractivity contribution in [1.29, 1.82) is 0 Å². The molecule has 0 aliphatic heterocycles. The van der Waals surface area contributed by atoms with Crippen molar-refractivity contribution in [3.8, 4) is 0 Å². The van der Waals surface area contributed by atoms with Crippen LogP contribution < -0.4 is 5.73 Å². The van der Waals surface area contributed by atoms with Gasteiger partial charge in [-0.1, -0.05) is 15.9 Å². The van der Waals surface area contributed by atoms with Gasteiger partial charge < -0.3 is 10.1 Å². The van der Waals surface area contributed by atoms with Crippen molar-refractivity contribution in [2.24, 2.45) is 5.73 Å². The third kappa shape index (κ3) is 2.06. The zero-order chi connectivity index (χ0) is 10.8. The van der Waals surface area contributed by atoms with Gasteiger partial charge in [0.2, 0.25) is 0 Å². The van der Waals surface area contributed by atoms with Crippen molar-refractivity contribution in [3.63, 3.8) is 0 Å². The minimum Gasteiger partial charge on any atom is -0.330 e. The molecule has 0 radical (unpaired) electrons. The van der Waals surface area contributed by atoms with Gasteiger partial charge in [-0.3, -0.25) is 0 Å². The first-order valence-corrected chi connectivity index (χ1v) is 5.85. The number of nitrogens with two attached hydrogens (primary N) is 1. The van der Waals surface area contributed by atoms with Crippen LogP contribution in [0.4, 0.5) is 0 Å². The summed E-state index contributed by atoms with van der Waals surface area (Å²) in [5.41, 5.74) is 8.89. The summed E-state index contributed by atoms with van der Waals surface area (Å²) in [4.78, 5) is 4.52. The molecule has 2 aromatic heterocycles. The van der Waals surface area contributed by atoms with E-state index in [2.05, 4.69) is 25.3 Å². The van der Waals surface area contributed by atoms with Crippen LogP contribution in [0.15, 0.2) is 22.8 Å². The van der Waals surface area contributed by atoms with Crippen LogP contribution in [-0.2, 0) is 6.42 Å². The Morgan fingerprint density at radius 1 is 1.53 bits per heavy atom. The van der Waals surface area contributed by atoms with Crippen LogP contribution in [0.25, 0.3) is 5.65 Å².